The Morgan fingerprint density at radius 1 is 1.19 bits per heavy atom. The molecule has 1 aliphatic rings. The predicted molar refractivity (Wildman–Crippen MR) is 105 cm³/mol. The predicted octanol–water partition coefficient (Wildman–Crippen LogP) is 3.26. The fourth-order valence-corrected chi connectivity index (χ4v) is 3.41. The zero-order valence-electron chi connectivity index (χ0n) is 15.5. The van der Waals surface area contributed by atoms with Crippen molar-refractivity contribution in [3.05, 3.63) is 35.4 Å². The Morgan fingerprint density at radius 3 is 2.31 bits per heavy atom. The maximum atomic E-state index is 14.1. The van der Waals surface area contributed by atoms with Gasteiger partial charge in [0.05, 0.1) is 0 Å². The number of nitrogens with one attached hydrogen (secondary N) is 1. The van der Waals surface area contributed by atoms with Crippen LogP contribution in [0.25, 0.3) is 0 Å². The molecular formula is C18H29Cl2F2N3O. The van der Waals surface area contributed by atoms with Crippen molar-refractivity contribution in [2.24, 2.45) is 5.92 Å². The zero-order valence-corrected chi connectivity index (χ0v) is 17.1. The topological polar surface area (TPSA) is 35.6 Å². The Balaban J connectivity index is 0.00000312. The summed E-state index contributed by atoms with van der Waals surface area (Å²) in [6.45, 7) is 7.28. The smallest absolute Gasteiger partial charge is 0.226 e. The minimum atomic E-state index is -0.556. The lowest BCUT2D eigenvalue weighted by Gasteiger charge is -2.40. The monoisotopic (exact) mass is 411 g/mol. The van der Waals surface area contributed by atoms with Gasteiger partial charge in [0.1, 0.15) is 11.6 Å². The average Bonchev–Trinajstić information content (AvgIpc) is 2.57. The molecule has 1 heterocycles. The summed E-state index contributed by atoms with van der Waals surface area (Å²) in [4.78, 5) is 16.4. The second-order valence-electron chi connectivity index (χ2n) is 6.41. The molecule has 0 radical (unpaired) electrons. The molecule has 1 fully saturated rings. The first-order valence-corrected chi connectivity index (χ1v) is 8.60. The van der Waals surface area contributed by atoms with E-state index in [1.165, 1.54) is 12.1 Å². The lowest BCUT2D eigenvalue weighted by molar-refractivity contribution is -0.137. The van der Waals surface area contributed by atoms with E-state index < -0.39 is 11.6 Å². The van der Waals surface area contributed by atoms with Crippen LogP contribution in [0, 0.1) is 17.6 Å². The van der Waals surface area contributed by atoms with Crippen LogP contribution in [-0.2, 0) is 4.79 Å². The molecule has 1 aromatic rings. The van der Waals surface area contributed by atoms with Gasteiger partial charge in [-0.15, -0.1) is 24.8 Å². The van der Waals surface area contributed by atoms with Crippen molar-refractivity contribution in [3.8, 4) is 0 Å². The average molecular weight is 412 g/mol. The number of amides is 1. The molecule has 2 unspecified atom stereocenters. The summed E-state index contributed by atoms with van der Waals surface area (Å²) in [6.07, 6.45) is 0.743. The Hall–Kier alpha value is -0.950. The number of halogens is 4. The highest BCUT2D eigenvalue weighted by Crippen LogP contribution is 2.28. The molecule has 0 aliphatic carbocycles. The minimum absolute atomic E-state index is 0. The van der Waals surface area contributed by atoms with Gasteiger partial charge in [0.2, 0.25) is 5.91 Å². The van der Waals surface area contributed by atoms with Crippen LogP contribution in [-0.4, -0.2) is 55.5 Å². The van der Waals surface area contributed by atoms with Crippen LogP contribution in [0.15, 0.2) is 18.2 Å². The van der Waals surface area contributed by atoms with E-state index in [0.29, 0.717) is 38.3 Å². The minimum Gasteiger partial charge on any atom is -0.340 e. The molecule has 26 heavy (non-hydrogen) atoms. The fourth-order valence-electron chi connectivity index (χ4n) is 3.41. The van der Waals surface area contributed by atoms with Gasteiger partial charge in [-0.2, -0.15) is 0 Å². The molecule has 8 heteroatoms. The maximum absolute atomic E-state index is 14.1. The molecule has 150 valence electrons. The molecule has 1 N–H and O–H groups in total. The third-order valence-corrected chi connectivity index (χ3v) is 4.71. The van der Waals surface area contributed by atoms with E-state index in [9.17, 15) is 13.6 Å². The van der Waals surface area contributed by atoms with Crippen LogP contribution in [0.5, 0.6) is 0 Å². The molecule has 0 spiro atoms. The van der Waals surface area contributed by atoms with Crippen LogP contribution in [0.3, 0.4) is 0 Å². The Bertz CT molecular complexity index is 569. The van der Waals surface area contributed by atoms with Crippen molar-refractivity contribution in [2.45, 2.75) is 26.3 Å². The van der Waals surface area contributed by atoms with Gasteiger partial charge in [0.25, 0.3) is 0 Å². The summed E-state index contributed by atoms with van der Waals surface area (Å²) in [5.74, 6) is -0.939. The van der Waals surface area contributed by atoms with Crippen molar-refractivity contribution >= 4 is 30.7 Å². The lowest BCUT2D eigenvalue weighted by Crippen LogP contribution is -2.51. The van der Waals surface area contributed by atoms with Crippen LogP contribution in [0.1, 0.15) is 31.9 Å². The first kappa shape index (κ1) is 25.1. The number of hydrogen-bond acceptors (Lipinski definition) is 3. The van der Waals surface area contributed by atoms with Gasteiger partial charge < -0.3 is 10.2 Å². The lowest BCUT2D eigenvalue weighted by atomic mass is 10.0. The molecule has 0 saturated carbocycles. The largest absolute Gasteiger partial charge is 0.340 e. The van der Waals surface area contributed by atoms with Crippen LogP contribution >= 0.6 is 24.8 Å². The van der Waals surface area contributed by atoms with Gasteiger partial charge >= 0.3 is 0 Å². The number of hydrogen-bond donors (Lipinski definition) is 1. The molecule has 1 saturated heterocycles. The van der Waals surface area contributed by atoms with Crippen molar-refractivity contribution in [2.75, 3.05) is 39.8 Å². The standard InChI is InChI=1S/C18H27F2N3O.2ClH/c1-4-17(15-6-5-14(19)11-16(15)20)22-7-9-23(10-8-22)18(24)13(2)12-21-3;;/h5-6,11,13,17,21H,4,7-10,12H2,1-3H3;2*1H. The van der Waals surface area contributed by atoms with E-state index in [2.05, 4.69) is 10.2 Å². The van der Waals surface area contributed by atoms with E-state index >= 15 is 0 Å². The summed E-state index contributed by atoms with van der Waals surface area (Å²) in [7, 11) is 1.84. The molecule has 0 bridgehead atoms. The van der Waals surface area contributed by atoms with Crippen LogP contribution < -0.4 is 5.32 Å². The molecule has 1 aromatic carbocycles. The SMILES string of the molecule is CCC(c1ccc(F)cc1F)N1CCN(C(=O)C(C)CNC)CC1.Cl.Cl. The van der Waals surface area contributed by atoms with Crippen molar-refractivity contribution in [3.63, 3.8) is 0 Å². The first-order chi connectivity index (χ1) is 11.5. The molecule has 1 aliphatic heterocycles. The molecule has 4 nitrogen and oxygen atoms in total. The zero-order chi connectivity index (χ0) is 17.7. The molecule has 1 amide bonds. The Morgan fingerprint density at radius 2 is 1.81 bits per heavy atom. The number of carbonyl (C=O) groups excluding carboxylic acids is 1. The third kappa shape index (κ3) is 6.05. The second-order valence-corrected chi connectivity index (χ2v) is 6.41. The number of rotatable bonds is 6. The summed E-state index contributed by atoms with van der Waals surface area (Å²) < 4.78 is 27.2. The molecular weight excluding hydrogens is 383 g/mol. The molecule has 2 atom stereocenters. The Labute approximate surface area is 167 Å². The number of nitrogens with zero attached hydrogens (tertiary/aromatic N) is 2. The summed E-state index contributed by atoms with van der Waals surface area (Å²) in [6, 6.07) is 3.70. The second kappa shape index (κ2) is 11.7. The van der Waals surface area contributed by atoms with E-state index in [1.54, 1.807) is 0 Å². The molecule has 2 rings (SSSR count). The van der Waals surface area contributed by atoms with Crippen molar-refractivity contribution < 1.29 is 13.6 Å². The summed E-state index contributed by atoms with van der Waals surface area (Å²) in [5, 5.41) is 3.03. The van der Waals surface area contributed by atoms with Gasteiger partial charge in [0.15, 0.2) is 0 Å². The van der Waals surface area contributed by atoms with E-state index in [-0.39, 0.29) is 42.7 Å². The van der Waals surface area contributed by atoms with E-state index in [4.69, 9.17) is 0 Å². The van der Waals surface area contributed by atoms with E-state index in [0.717, 1.165) is 12.5 Å². The number of carbonyl (C=O) groups is 1. The maximum Gasteiger partial charge on any atom is 0.226 e. The van der Waals surface area contributed by atoms with Gasteiger partial charge in [-0.25, -0.2) is 8.78 Å². The van der Waals surface area contributed by atoms with Crippen LogP contribution in [0.2, 0.25) is 0 Å². The van der Waals surface area contributed by atoms with Gasteiger partial charge in [0, 0.05) is 56.3 Å². The third-order valence-electron chi connectivity index (χ3n) is 4.71. The quantitative estimate of drug-likeness (QED) is 0.779. The summed E-state index contributed by atoms with van der Waals surface area (Å²) >= 11 is 0. The van der Waals surface area contributed by atoms with Crippen molar-refractivity contribution in [1.82, 2.24) is 15.1 Å². The van der Waals surface area contributed by atoms with Crippen molar-refractivity contribution in [1.29, 1.82) is 0 Å². The summed E-state index contributed by atoms with van der Waals surface area (Å²) in [5.41, 5.74) is 0.530. The van der Waals surface area contributed by atoms with Gasteiger partial charge in [-0.3, -0.25) is 9.69 Å². The van der Waals surface area contributed by atoms with Crippen LogP contribution in [0.4, 0.5) is 8.78 Å². The highest BCUT2D eigenvalue weighted by Gasteiger charge is 2.29. The van der Waals surface area contributed by atoms with Gasteiger partial charge in [-0.05, 0) is 19.5 Å². The number of piperazine rings is 1. The first-order valence-electron chi connectivity index (χ1n) is 8.60. The molecule has 0 aromatic heterocycles. The highest BCUT2D eigenvalue weighted by molar-refractivity contribution is 5.85. The Kier molecular flexibility index (Phi) is 11.3. The normalized spacial score (nSPS) is 17.0. The van der Waals surface area contributed by atoms with Gasteiger partial charge in [-0.1, -0.05) is 19.9 Å². The van der Waals surface area contributed by atoms with E-state index in [1.807, 2.05) is 25.8 Å². The number of benzene rings is 1. The highest BCUT2D eigenvalue weighted by atomic mass is 35.5. The fraction of sp³-hybridized carbons (Fsp3) is 0.611.